The molecule has 0 atom stereocenters. The number of hydrogen-bond donors (Lipinski definition) is 2. The van der Waals surface area contributed by atoms with E-state index in [-0.39, 0.29) is 6.03 Å². The zero-order chi connectivity index (χ0) is 8.43. The normalized spacial score (nSPS) is 16.5. The van der Waals surface area contributed by atoms with Crippen LogP contribution in [0.1, 0.15) is 0 Å². The monoisotopic (exact) mass is 158 g/mol. The fourth-order valence-corrected chi connectivity index (χ4v) is 0.867. The van der Waals surface area contributed by atoms with Gasteiger partial charge in [-0.15, -0.1) is 0 Å². The molecule has 0 radical (unpaired) electrons. The maximum atomic E-state index is 10.9. The molecule has 0 unspecified atom stereocenters. The molecular weight excluding hydrogens is 148 g/mol. The average molecular weight is 158 g/mol. The van der Waals surface area contributed by atoms with Gasteiger partial charge in [0.05, 0.1) is 6.54 Å². The predicted molar refractivity (Wildman–Crippen MR) is 37.5 cm³/mol. The predicted octanol–water partition coefficient (Wildman–Crippen LogP) is -1.06. The van der Waals surface area contributed by atoms with E-state index >= 15 is 0 Å². The molecule has 1 aliphatic rings. The number of carbonyl (C=O) groups excluding carboxylic acids is 2. The molecule has 6 nitrogen and oxygen atoms in total. The van der Waals surface area contributed by atoms with Gasteiger partial charge in [-0.05, 0) is 0 Å². The zero-order valence-electron chi connectivity index (χ0n) is 6.20. The van der Waals surface area contributed by atoms with Gasteiger partial charge in [0.25, 0.3) is 0 Å². The Hall–Kier alpha value is -1.46. The van der Waals surface area contributed by atoms with E-state index in [9.17, 15) is 9.59 Å². The van der Waals surface area contributed by atoms with Gasteiger partial charge in [0, 0.05) is 13.6 Å². The number of rotatable bonds is 1. The number of nitrogens with zero attached hydrogens (tertiary/aromatic N) is 2. The lowest BCUT2D eigenvalue weighted by Crippen LogP contribution is -2.47. The lowest BCUT2D eigenvalue weighted by molar-refractivity contribution is 0.0912. The average Bonchev–Trinajstić information content (AvgIpc) is 2.33. The molecule has 4 amide bonds. The molecule has 3 N–H and O–H groups in total. The van der Waals surface area contributed by atoms with E-state index < -0.39 is 6.03 Å². The molecule has 11 heavy (non-hydrogen) atoms. The lowest BCUT2D eigenvalue weighted by atomic mass is 10.7. The van der Waals surface area contributed by atoms with E-state index in [0.29, 0.717) is 13.1 Å². The van der Waals surface area contributed by atoms with E-state index in [2.05, 4.69) is 5.32 Å². The number of nitrogens with one attached hydrogen (secondary N) is 1. The third-order valence-electron chi connectivity index (χ3n) is 1.52. The first kappa shape index (κ1) is 7.64. The fourth-order valence-electron chi connectivity index (χ4n) is 0.867. The Kier molecular flexibility index (Phi) is 1.84. The molecule has 1 aliphatic heterocycles. The Morgan fingerprint density at radius 3 is 2.82 bits per heavy atom. The van der Waals surface area contributed by atoms with Crippen LogP contribution in [-0.2, 0) is 0 Å². The van der Waals surface area contributed by atoms with E-state index in [1.54, 1.807) is 0 Å². The standard InChI is InChI=1S/C5H10N4O2/c1-8(4(6)10)9-3-2-7-5(9)11/h2-3H2,1H3,(H2,6,10)(H,7,11). The molecule has 1 heterocycles. The largest absolute Gasteiger partial charge is 0.350 e. The first-order chi connectivity index (χ1) is 5.13. The molecule has 0 aliphatic carbocycles. The van der Waals surface area contributed by atoms with Crippen molar-refractivity contribution < 1.29 is 9.59 Å². The molecule has 0 saturated carbocycles. The van der Waals surface area contributed by atoms with Crippen molar-refractivity contribution in [2.24, 2.45) is 5.73 Å². The van der Waals surface area contributed by atoms with E-state index in [1.807, 2.05) is 0 Å². The Morgan fingerprint density at radius 1 is 1.82 bits per heavy atom. The van der Waals surface area contributed by atoms with Crippen molar-refractivity contribution in [3.8, 4) is 0 Å². The van der Waals surface area contributed by atoms with Crippen molar-refractivity contribution in [1.29, 1.82) is 0 Å². The number of amides is 4. The first-order valence-electron chi connectivity index (χ1n) is 3.21. The summed E-state index contributed by atoms with van der Waals surface area (Å²) < 4.78 is 0. The summed E-state index contributed by atoms with van der Waals surface area (Å²) in [5.41, 5.74) is 4.94. The molecular formula is C5H10N4O2. The number of urea groups is 2. The second-order valence-corrected chi connectivity index (χ2v) is 2.22. The number of primary amides is 1. The van der Waals surface area contributed by atoms with Crippen molar-refractivity contribution >= 4 is 12.1 Å². The van der Waals surface area contributed by atoms with Crippen LogP contribution in [0.2, 0.25) is 0 Å². The molecule has 0 aromatic rings. The molecule has 6 heteroatoms. The van der Waals surface area contributed by atoms with Gasteiger partial charge in [-0.1, -0.05) is 0 Å². The Labute approximate surface area is 63.9 Å². The molecule has 0 bridgehead atoms. The molecule has 1 saturated heterocycles. The summed E-state index contributed by atoms with van der Waals surface area (Å²) in [6.45, 7) is 1.04. The zero-order valence-corrected chi connectivity index (χ0v) is 6.20. The number of hydrogen-bond acceptors (Lipinski definition) is 2. The van der Waals surface area contributed by atoms with Gasteiger partial charge in [0.2, 0.25) is 0 Å². The second kappa shape index (κ2) is 2.65. The highest BCUT2D eigenvalue weighted by atomic mass is 16.2. The van der Waals surface area contributed by atoms with Gasteiger partial charge >= 0.3 is 12.1 Å². The van der Waals surface area contributed by atoms with Crippen LogP contribution in [0.25, 0.3) is 0 Å². The van der Waals surface area contributed by atoms with Crippen molar-refractivity contribution in [2.75, 3.05) is 20.1 Å². The van der Waals surface area contributed by atoms with Crippen LogP contribution >= 0.6 is 0 Å². The lowest BCUT2D eigenvalue weighted by Gasteiger charge is -2.24. The minimum absolute atomic E-state index is 0.286. The van der Waals surface area contributed by atoms with Crippen molar-refractivity contribution in [3.05, 3.63) is 0 Å². The Morgan fingerprint density at radius 2 is 2.45 bits per heavy atom. The smallest absolute Gasteiger partial charge is 0.336 e. The van der Waals surface area contributed by atoms with Gasteiger partial charge in [-0.2, -0.15) is 0 Å². The summed E-state index contributed by atoms with van der Waals surface area (Å²) in [5, 5.41) is 4.88. The molecule has 0 aromatic heterocycles. The summed E-state index contributed by atoms with van der Waals surface area (Å²) in [4.78, 5) is 21.4. The summed E-state index contributed by atoms with van der Waals surface area (Å²) in [6, 6.07) is -0.923. The molecule has 0 spiro atoms. The molecule has 1 rings (SSSR count). The second-order valence-electron chi connectivity index (χ2n) is 2.22. The van der Waals surface area contributed by atoms with Crippen molar-refractivity contribution in [3.63, 3.8) is 0 Å². The highest BCUT2D eigenvalue weighted by molar-refractivity contribution is 5.80. The summed E-state index contributed by atoms with van der Waals surface area (Å²) in [6.07, 6.45) is 0. The number of carbonyl (C=O) groups is 2. The summed E-state index contributed by atoms with van der Waals surface area (Å²) >= 11 is 0. The van der Waals surface area contributed by atoms with Crippen LogP contribution in [0, 0.1) is 0 Å². The van der Waals surface area contributed by atoms with Gasteiger partial charge in [0.15, 0.2) is 0 Å². The third kappa shape index (κ3) is 1.34. The molecule has 0 aromatic carbocycles. The minimum Gasteiger partial charge on any atom is -0.350 e. The van der Waals surface area contributed by atoms with Crippen LogP contribution in [0.5, 0.6) is 0 Å². The summed E-state index contributed by atoms with van der Waals surface area (Å²) in [7, 11) is 1.45. The quantitative estimate of drug-likeness (QED) is 0.510. The number of nitrogens with two attached hydrogens (primary N) is 1. The topological polar surface area (TPSA) is 78.7 Å². The van der Waals surface area contributed by atoms with E-state index in [4.69, 9.17) is 5.73 Å². The summed E-state index contributed by atoms with van der Waals surface area (Å²) in [5.74, 6) is 0. The van der Waals surface area contributed by atoms with Crippen LogP contribution < -0.4 is 11.1 Å². The van der Waals surface area contributed by atoms with Crippen molar-refractivity contribution in [1.82, 2.24) is 15.3 Å². The van der Waals surface area contributed by atoms with Crippen molar-refractivity contribution in [2.45, 2.75) is 0 Å². The Balaban J connectivity index is 2.59. The first-order valence-corrected chi connectivity index (χ1v) is 3.21. The number of hydrazine groups is 1. The highest BCUT2D eigenvalue weighted by Crippen LogP contribution is 1.99. The van der Waals surface area contributed by atoms with Crippen LogP contribution in [0.3, 0.4) is 0 Å². The maximum absolute atomic E-state index is 10.9. The minimum atomic E-state index is -0.637. The van der Waals surface area contributed by atoms with Gasteiger partial charge < -0.3 is 11.1 Å². The van der Waals surface area contributed by atoms with Crippen LogP contribution in [0.4, 0.5) is 9.59 Å². The highest BCUT2D eigenvalue weighted by Gasteiger charge is 2.25. The van der Waals surface area contributed by atoms with Crippen LogP contribution in [-0.4, -0.2) is 42.2 Å². The van der Waals surface area contributed by atoms with Gasteiger partial charge in [0.1, 0.15) is 0 Å². The van der Waals surface area contributed by atoms with E-state index in [0.717, 1.165) is 5.01 Å². The molecule has 1 fully saturated rings. The van der Waals surface area contributed by atoms with E-state index in [1.165, 1.54) is 12.1 Å². The van der Waals surface area contributed by atoms with Crippen LogP contribution in [0.15, 0.2) is 0 Å². The SMILES string of the molecule is CN(C(N)=O)N1CCNC1=O. The third-order valence-corrected chi connectivity index (χ3v) is 1.52. The maximum Gasteiger partial charge on any atom is 0.336 e. The Bertz CT molecular complexity index is 193. The van der Waals surface area contributed by atoms with Gasteiger partial charge in [-0.3, -0.25) is 0 Å². The van der Waals surface area contributed by atoms with Gasteiger partial charge in [-0.25, -0.2) is 19.6 Å². The molecule has 62 valence electrons. The fraction of sp³-hybridized carbons (Fsp3) is 0.600.